The number of hydrogen-bond donors (Lipinski definition) is 1. The van der Waals surface area contributed by atoms with Crippen molar-refractivity contribution in [2.24, 2.45) is 0 Å². The summed E-state index contributed by atoms with van der Waals surface area (Å²) in [5.41, 5.74) is 0.501. The average molecular weight is 311 g/mol. The summed E-state index contributed by atoms with van der Waals surface area (Å²) < 4.78 is 50.0. The summed E-state index contributed by atoms with van der Waals surface area (Å²) in [7, 11) is 0. The maximum atomic E-state index is 12.7. The van der Waals surface area contributed by atoms with Gasteiger partial charge in [0.15, 0.2) is 0 Å². The maximum absolute atomic E-state index is 12.7. The van der Waals surface area contributed by atoms with Gasteiger partial charge in [-0.1, -0.05) is 24.3 Å². The zero-order valence-electron chi connectivity index (χ0n) is 11.5. The van der Waals surface area contributed by atoms with Crippen molar-refractivity contribution in [2.75, 3.05) is 0 Å². The van der Waals surface area contributed by atoms with E-state index in [1.165, 1.54) is 36.4 Å². The van der Waals surface area contributed by atoms with Crippen molar-refractivity contribution in [1.29, 1.82) is 0 Å². The van der Waals surface area contributed by atoms with E-state index in [4.69, 9.17) is 0 Å². The lowest BCUT2D eigenvalue weighted by atomic mass is 10.1. The first-order chi connectivity index (χ1) is 10.3. The van der Waals surface area contributed by atoms with Crippen molar-refractivity contribution in [3.63, 3.8) is 0 Å². The average Bonchev–Trinajstić information content (AvgIpc) is 2.47. The smallest absolute Gasteiger partial charge is 0.352 e. The lowest BCUT2D eigenvalue weighted by molar-refractivity contribution is -0.137. The molecular formula is C16H13F4NO. The Kier molecular flexibility index (Phi) is 4.80. The fourth-order valence-electron chi connectivity index (χ4n) is 1.86. The van der Waals surface area contributed by atoms with Crippen LogP contribution in [0.3, 0.4) is 0 Å². The molecule has 0 aliphatic carbocycles. The Morgan fingerprint density at radius 2 is 1.45 bits per heavy atom. The Labute approximate surface area is 124 Å². The predicted molar refractivity (Wildman–Crippen MR) is 73.4 cm³/mol. The Balaban J connectivity index is 1.87. The number of nitrogens with one attached hydrogen (secondary N) is 1. The van der Waals surface area contributed by atoms with Gasteiger partial charge in [0.1, 0.15) is 5.82 Å². The SMILES string of the molecule is O=C(Cc1ccc(F)cc1)NCc1ccc(C(F)(F)F)cc1. The van der Waals surface area contributed by atoms with Gasteiger partial charge >= 0.3 is 6.18 Å². The second-order valence-electron chi connectivity index (χ2n) is 4.77. The van der Waals surface area contributed by atoms with Crippen LogP contribution in [0, 0.1) is 5.82 Å². The highest BCUT2D eigenvalue weighted by atomic mass is 19.4. The van der Waals surface area contributed by atoms with Crippen molar-refractivity contribution < 1.29 is 22.4 Å². The first kappa shape index (κ1) is 16.0. The Hall–Kier alpha value is -2.37. The van der Waals surface area contributed by atoms with Gasteiger partial charge in [-0.3, -0.25) is 4.79 Å². The van der Waals surface area contributed by atoms with Gasteiger partial charge in [0.05, 0.1) is 12.0 Å². The van der Waals surface area contributed by atoms with Crippen molar-refractivity contribution >= 4 is 5.91 Å². The molecule has 0 spiro atoms. The quantitative estimate of drug-likeness (QED) is 0.857. The van der Waals surface area contributed by atoms with E-state index in [2.05, 4.69) is 5.32 Å². The van der Waals surface area contributed by atoms with Crippen LogP contribution in [-0.4, -0.2) is 5.91 Å². The molecule has 0 saturated carbocycles. The second-order valence-corrected chi connectivity index (χ2v) is 4.77. The summed E-state index contributed by atoms with van der Waals surface area (Å²) in [6.45, 7) is 0.137. The molecule has 0 aromatic heterocycles. The van der Waals surface area contributed by atoms with Crippen molar-refractivity contribution in [2.45, 2.75) is 19.1 Å². The molecule has 0 saturated heterocycles. The van der Waals surface area contributed by atoms with Gasteiger partial charge in [0.25, 0.3) is 0 Å². The highest BCUT2D eigenvalue weighted by Crippen LogP contribution is 2.29. The largest absolute Gasteiger partial charge is 0.416 e. The maximum Gasteiger partial charge on any atom is 0.416 e. The molecule has 0 bridgehead atoms. The molecule has 22 heavy (non-hydrogen) atoms. The number of hydrogen-bond acceptors (Lipinski definition) is 1. The lowest BCUT2D eigenvalue weighted by Crippen LogP contribution is -2.24. The van der Waals surface area contributed by atoms with Crippen LogP contribution in [0.2, 0.25) is 0 Å². The number of carbonyl (C=O) groups excluding carboxylic acids is 1. The van der Waals surface area contributed by atoms with Gasteiger partial charge in [-0.25, -0.2) is 4.39 Å². The minimum atomic E-state index is -4.37. The fraction of sp³-hybridized carbons (Fsp3) is 0.188. The van der Waals surface area contributed by atoms with E-state index in [0.717, 1.165) is 12.1 Å². The molecule has 6 heteroatoms. The van der Waals surface area contributed by atoms with Crippen LogP contribution in [-0.2, 0) is 23.9 Å². The summed E-state index contributed by atoms with van der Waals surface area (Å²) in [5.74, 6) is -0.666. The zero-order valence-corrected chi connectivity index (χ0v) is 11.5. The Bertz CT molecular complexity index is 633. The molecular weight excluding hydrogens is 298 g/mol. The molecule has 2 aromatic rings. The van der Waals surface area contributed by atoms with Crippen LogP contribution in [0.5, 0.6) is 0 Å². The summed E-state index contributed by atoms with van der Waals surface area (Å²) in [5, 5.41) is 2.61. The summed E-state index contributed by atoms with van der Waals surface area (Å²) in [6, 6.07) is 10.1. The molecule has 2 rings (SSSR count). The van der Waals surface area contributed by atoms with Gasteiger partial charge in [0, 0.05) is 6.54 Å². The molecule has 1 N–H and O–H groups in total. The van der Waals surface area contributed by atoms with Gasteiger partial charge in [-0.05, 0) is 35.4 Å². The monoisotopic (exact) mass is 311 g/mol. The third kappa shape index (κ3) is 4.58. The van der Waals surface area contributed by atoms with Crippen molar-refractivity contribution in [1.82, 2.24) is 5.32 Å². The number of amides is 1. The van der Waals surface area contributed by atoms with E-state index >= 15 is 0 Å². The number of halogens is 4. The molecule has 1 amide bonds. The van der Waals surface area contributed by atoms with Crippen LogP contribution < -0.4 is 5.32 Å². The molecule has 0 unspecified atom stereocenters. The topological polar surface area (TPSA) is 29.1 Å². The second kappa shape index (κ2) is 6.60. The minimum Gasteiger partial charge on any atom is -0.352 e. The molecule has 0 radical (unpaired) electrons. The first-order valence-corrected chi connectivity index (χ1v) is 6.52. The number of rotatable bonds is 4. The highest BCUT2D eigenvalue weighted by Gasteiger charge is 2.29. The molecule has 0 fully saturated rings. The van der Waals surface area contributed by atoms with Crippen LogP contribution in [0.1, 0.15) is 16.7 Å². The normalized spacial score (nSPS) is 11.3. The summed E-state index contributed by atoms with van der Waals surface area (Å²) >= 11 is 0. The zero-order chi connectivity index (χ0) is 16.2. The molecule has 0 aliphatic heterocycles. The first-order valence-electron chi connectivity index (χ1n) is 6.52. The number of carbonyl (C=O) groups is 1. The predicted octanol–water partition coefficient (Wildman–Crippen LogP) is 3.70. The van der Waals surface area contributed by atoms with Gasteiger partial charge in [-0.15, -0.1) is 0 Å². The summed E-state index contributed by atoms with van der Waals surface area (Å²) in [6.07, 6.45) is -4.29. The molecule has 0 heterocycles. The van der Waals surface area contributed by atoms with E-state index in [0.29, 0.717) is 11.1 Å². The van der Waals surface area contributed by atoms with E-state index in [-0.39, 0.29) is 24.7 Å². The van der Waals surface area contributed by atoms with Gasteiger partial charge < -0.3 is 5.32 Å². The van der Waals surface area contributed by atoms with Crippen molar-refractivity contribution in [3.05, 3.63) is 71.0 Å². The highest BCUT2D eigenvalue weighted by molar-refractivity contribution is 5.78. The van der Waals surface area contributed by atoms with Crippen LogP contribution >= 0.6 is 0 Å². The third-order valence-electron chi connectivity index (χ3n) is 3.05. The van der Waals surface area contributed by atoms with E-state index in [1.807, 2.05) is 0 Å². The summed E-state index contributed by atoms with van der Waals surface area (Å²) in [4.78, 5) is 11.7. The molecule has 116 valence electrons. The molecule has 2 nitrogen and oxygen atoms in total. The molecule has 0 aliphatic rings. The standard InChI is InChI=1S/C16H13F4NO/c17-14-7-3-11(4-8-14)9-15(22)21-10-12-1-5-13(6-2-12)16(18,19)20/h1-8H,9-10H2,(H,21,22). The van der Waals surface area contributed by atoms with Crippen molar-refractivity contribution in [3.8, 4) is 0 Å². The van der Waals surface area contributed by atoms with Crippen LogP contribution in [0.15, 0.2) is 48.5 Å². The van der Waals surface area contributed by atoms with E-state index in [9.17, 15) is 22.4 Å². The van der Waals surface area contributed by atoms with Crippen LogP contribution in [0.25, 0.3) is 0 Å². The number of alkyl halides is 3. The van der Waals surface area contributed by atoms with Gasteiger partial charge in [-0.2, -0.15) is 13.2 Å². The number of benzene rings is 2. The third-order valence-corrected chi connectivity index (χ3v) is 3.05. The van der Waals surface area contributed by atoms with E-state index in [1.54, 1.807) is 0 Å². The lowest BCUT2D eigenvalue weighted by Gasteiger charge is -2.09. The Morgan fingerprint density at radius 1 is 0.909 bits per heavy atom. The Morgan fingerprint density at radius 3 is 2.00 bits per heavy atom. The fourth-order valence-corrected chi connectivity index (χ4v) is 1.86. The minimum absolute atomic E-state index is 0.0842. The van der Waals surface area contributed by atoms with Crippen LogP contribution in [0.4, 0.5) is 17.6 Å². The molecule has 0 atom stereocenters. The van der Waals surface area contributed by atoms with Gasteiger partial charge in [0.2, 0.25) is 5.91 Å². The molecule has 2 aromatic carbocycles. The van der Waals surface area contributed by atoms with E-state index < -0.39 is 11.7 Å².